The van der Waals surface area contributed by atoms with E-state index in [0.717, 1.165) is 25.9 Å². The number of piperidine rings is 2. The molecule has 164 valence electrons. The maximum absolute atomic E-state index is 12.9. The number of nitrogens with one attached hydrogen (secondary N) is 1. The number of nitrogens with zero attached hydrogens (tertiary/aromatic N) is 2. The number of methoxy groups -OCH3 is 1. The highest BCUT2D eigenvalue weighted by Crippen LogP contribution is 2.26. The summed E-state index contributed by atoms with van der Waals surface area (Å²) >= 11 is 6.04. The van der Waals surface area contributed by atoms with Crippen LogP contribution >= 0.6 is 11.6 Å². The van der Waals surface area contributed by atoms with Crippen molar-refractivity contribution >= 4 is 29.3 Å². The number of hydrogen-bond donors (Lipinski definition) is 1. The molecule has 0 aliphatic carbocycles. The summed E-state index contributed by atoms with van der Waals surface area (Å²) in [4.78, 5) is 41.1. The van der Waals surface area contributed by atoms with Crippen molar-refractivity contribution in [3.05, 3.63) is 28.8 Å². The lowest BCUT2D eigenvalue weighted by atomic mass is 9.95. The Morgan fingerprint density at radius 1 is 1.07 bits per heavy atom. The summed E-state index contributed by atoms with van der Waals surface area (Å²) < 4.78 is 5.28. The summed E-state index contributed by atoms with van der Waals surface area (Å²) in [5, 5.41) is 3.38. The molecule has 0 atom stereocenters. The smallest absolute Gasteiger partial charge is 0.257 e. The van der Waals surface area contributed by atoms with Crippen LogP contribution in [0, 0.1) is 5.92 Å². The van der Waals surface area contributed by atoms with Crippen LogP contribution in [0.15, 0.2) is 18.2 Å². The second-order valence-electron chi connectivity index (χ2n) is 7.89. The average molecular weight is 436 g/mol. The molecule has 0 saturated carbocycles. The summed E-state index contributed by atoms with van der Waals surface area (Å²) in [6, 6.07) is 4.98. The van der Waals surface area contributed by atoms with Gasteiger partial charge in [-0.05, 0) is 50.3 Å². The molecule has 2 fully saturated rings. The van der Waals surface area contributed by atoms with Gasteiger partial charge < -0.3 is 19.9 Å². The van der Waals surface area contributed by atoms with Crippen molar-refractivity contribution in [3.63, 3.8) is 0 Å². The van der Waals surface area contributed by atoms with Crippen LogP contribution in [-0.4, -0.2) is 67.4 Å². The van der Waals surface area contributed by atoms with Gasteiger partial charge in [-0.2, -0.15) is 0 Å². The van der Waals surface area contributed by atoms with Crippen LogP contribution in [0.4, 0.5) is 0 Å². The fraction of sp³-hybridized carbons (Fsp3) is 0.591. The van der Waals surface area contributed by atoms with Crippen molar-refractivity contribution in [1.82, 2.24) is 15.1 Å². The van der Waals surface area contributed by atoms with Gasteiger partial charge in [0.25, 0.3) is 5.91 Å². The van der Waals surface area contributed by atoms with Crippen molar-refractivity contribution in [2.24, 2.45) is 5.92 Å². The first kappa shape index (κ1) is 22.4. The summed E-state index contributed by atoms with van der Waals surface area (Å²) in [6.45, 7) is 3.03. The van der Waals surface area contributed by atoms with Crippen molar-refractivity contribution in [2.75, 3.05) is 39.8 Å². The van der Waals surface area contributed by atoms with Crippen LogP contribution in [0.3, 0.4) is 0 Å². The van der Waals surface area contributed by atoms with Gasteiger partial charge in [0.1, 0.15) is 5.75 Å². The van der Waals surface area contributed by atoms with E-state index < -0.39 is 0 Å². The van der Waals surface area contributed by atoms with Crippen LogP contribution < -0.4 is 10.1 Å². The zero-order valence-electron chi connectivity index (χ0n) is 17.5. The lowest BCUT2D eigenvalue weighted by Gasteiger charge is -2.32. The van der Waals surface area contributed by atoms with E-state index in [2.05, 4.69) is 5.32 Å². The molecule has 30 heavy (non-hydrogen) atoms. The molecule has 2 aliphatic heterocycles. The zero-order valence-corrected chi connectivity index (χ0v) is 18.2. The third kappa shape index (κ3) is 5.65. The second kappa shape index (κ2) is 10.7. The fourth-order valence-corrected chi connectivity index (χ4v) is 4.27. The Kier molecular flexibility index (Phi) is 7.96. The molecule has 0 aromatic heterocycles. The number of rotatable bonds is 6. The topological polar surface area (TPSA) is 79.0 Å². The summed E-state index contributed by atoms with van der Waals surface area (Å²) in [6.07, 6.45) is 4.86. The molecule has 3 rings (SSSR count). The van der Waals surface area contributed by atoms with Gasteiger partial charge in [-0.3, -0.25) is 14.4 Å². The van der Waals surface area contributed by atoms with Crippen LogP contribution in [-0.2, 0) is 9.59 Å². The van der Waals surface area contributed by atoms with Gasteiger partial charge in [0.05, 0.1) is 12.7 Å². The molecule has 7 nitrogen and oxygen atoms in total. The molecule has 0 radical (unpaired) electrons. The number of hydrogen-bond acceptors (Lipinski definition) is 4. The van der Waals surface area contributed by atoms with Gasteiger partial charge in [0.15, 0.2) is 0 Å². The molecule has 0 bridgehead atoms. The number of likely N-dealkylation sites (tertiary alicyclic amines) is 2. The van der Waals surface area contributed by atoms with Crippen LogP contribution in [0.2, 0.25) is 5.02 Å². The van der Waals surface area contributed by atoms with Gasteiger partial charge in [0.2, 0.25) is 11.8 Å². The van der Waals surface area contributed by atoms with Crippen molar-refractivity contribution in [2.45, 2.75) is 38.5 Å². The van der Waals surface area contributed by atoms with E-state index in [-0.39, 0.29) is 23.6 Å². The lowest BCUT2D eigenvalue weighted by molar-refractivity contribution is -0.132. The predicted octanol–water partition coefficient (Wildman–Crippen LogP) is 2.72. The Morgan fingerprint density at radius 2 is 1.77 bits per heavy atom. The quantitative estimate of drug-likeness (QED) is 0.745. The SMILES string of the molecule is COc1ccc(Cl)cc1C(=O)N1CCC(C(=O)NCCC(=O)N2CCCCC2)CC1. The van der Waals surface area contributed by atoms with E-state index in [1.165, 1.54) is 13.5 Å². The van der Waals surface area contributed by atoms with Crippen LogP contribution in [0.1, 0.15) is 48.9 Å². The molecule has 3 amide bonds. The normalized spacial score (nSPS) is 17.5. The number of carbonyl (C=O) groups excluding carboxylic acids is 3. The van der Waals surface area contributed by atoms with E-state index in [1.54, 1.807) is 23.1 Å². The molecule has 1 aromatic carbocycles. The van der Waals surface area contributed by atoms with E-state index in [9.17, 15) is 14.4 Å². The highest BCUT2D eigenvalue weighted by atomic mass is 35.5. The summed E-state index contributed by atoms with van der Waals surface area (Å²) in [5.41, 5.74) is 0.434. The Hall–Kier alpha value is -2.28. The van der Waals surface area contributed by atoms with E-state index in [4.69, 9.17) is 16.3 Å². The molecule has 0 unspecified atom stereocenters. The Morgan fingerprint density at radius 3 is 2.43 bits per heavy atom. The Balaban J connectivity index is 1.43. The number of ether oxygens (including phenoxy) is 1. The Bertz CT molecular complexity index is 772. The number of halogens is 1. The molecule has 1 aromatic rings. The maximum Gasteiger partial charge on any atom is 0.257 e. The van der Waals surface area contributed by atoms with Crippen molar-refractivity contribution < 1.29 is 19.1 Å². The molecule has 2 heterocycles. The third-order valence-corrected chi connectivity index (χ3v) is 6.13. The second-order valence-corrected chi connectivity index (χ2v) is 8.33. The van der Waals surface area contributed by atoms with Gasteiger partial charge in [0, 0.05) is 50.1 Å². The first-order chi connectivity index (χ1) is 14.5. The molecule has 2 saturated heterocycles. The molecular weight excluding hydrogens is 406 g/mol. The molecule has 1 N–H and O–H groups in total. The number of benzene rings is 1. The van der Waals surface area contributed by atoms with E-state index in [1.807, 2.05) is 4.90 Å². The van der Waals surface area contributed by atoms with Crippen molar-refractivity contribution in [1.29, 1.82) is 0 Å². The largest absolute Gasteiger partial charge is 0.496 e. The monoisotopic (exact) mass is 435 g/mol. The first-order valence-electron chi connectivity index (χ1n) is 10.7. The van der Waals surface area contributed by atoms with E-state index in [0.29, 0.717) is 55.2 Å². The number of carbonyl (C=O) groups is 3. The van der Waals surface area contributed by atoms with Gasteiger partial charge in [-0.1, -0.05) is 11.6 Å². The number of amides is 3. The molecular formula is C22H30ClN3O4. The standard InChI is InChI=1S/C22H30ClN3O4/c1-30-19-6-5-17(23)15-18(19)22(29)26-13-8-16(9-14-26)21(28)24-10-7-20(27)25-11-3-2-4-12-25/h5-6,15-16H,2-4,7-14H2,1H3,(H,24,28). The fourth-order valence-electron chi connectivity index (χ4n) is 4.10. The van der Waals surface area contributed by atoms with Crippen molar-refractivity contribution in [3.8, 4) is 5.75 Å². The van der Waals surface area contributed by atoms with Gasteiger partial charge >= 0.3 is 0 Å². The minimum atomic E-state index is -0.139. The average Bonchev–Trinajstić information content (AvgIpc) is 2.79. The molecule has 8 heteroatoms. The van der Waals surface area contributed by atoms with Crippen LogP contribution in [0.5, 0.6) is 5.75 Å². The van der Waals surface area contributed by atoms with Gasteiger partial charge in [-0.15, -0.1) is 0 Å². The molecule has 0 spiro atoms. The third-order valence-electron chi connectivity index (χ3n) is 5.89. The lowest BCUT2D eigenvalue weighted by Crippen LogP contribution is -2.44. The highest BCUT2D eigenvalue weighted by molar-refractivity contribution is 6.31. The van der Waals surface area contributed by atoms with Crippen LogP contribution in [0.25, 0.3) is 0 Å². The zero-order chi connectivity index (χ0) is 21.5. The summed E-state index contributed by atoms with van der Waals surface area (Å²) in [7, 11) is 1.52. The highest BCUT2D eigenvalue weighted by Gasteiger charge is 2.29. The summed E-state index contributed by atoms with van der Waals surface area (Å²) in [5.74, 6) is 0.295. The van der Waals surface area contributed by atoms with E-state index >= 15 is 0 Å². The first-order valence-corrected chi connectivity index (χ1v) is 11.1. The predicted molar refractivity (Wildman–Crippen MR) is 115 cm³/mol. The Labute approximate surface area is 182 Å². The minimum Gasteiger partial charge on any atom is -0.496 e. The molecule has 2 aliphatic rings. The minimum absolute atomic E-state index is 0.0334. The van der Waals surface area contributed by atoms with Gasteiger partial charge in [-0.25, -0.2) is 0 Å². The maximum atomic E-state index is 12.9.